The van der Waals surface area contributed by atoms with Gasteiger partial charge in [0, 0.05) is 17.7 Å². The molecular weight excluding hydrogens is 144 g/mol. The number of nitrogens with zero attached hydrogens (tertiary/aromatic N) is 1. The van der Waals surface area contributed by atoms with Crippen LogP contribution in [0, 0.1) is 10.1 Å². The fraction of sp³-hybridized carbons (Fsp3) is 0.143. The van der Waals surface area contributed by atoms with Crippen molar-refractivity contribution in [1.82, 2.24) is 0 Å². The van der Waals surface area contributed by atoms with E-state index in [1.807, 2.05) is 0 Å². The molecule has 3 N–H and O–H groups in total. The van der Waals surface area contributed by atoms with E-state index in [2.05, 4.69) is 5.73 Å². The maximum absolute atomic E-state index is 10.2. The van der Waals surface area contributed by atoms with Gasteiger partial charge < -0.3 is 5.73 Å². The van der Waals surface area contributed by atoms with E-state index >= 15 is 0 Å². The highest BCUT2D eigenvalue weighted by molar-refractivity contribution is 5.32. The molecule has 1 rings (SSSR count). The van der Waals surface area contributed by atoms with E-state index in [-0.39, 0.29) is 5.69 Å². The Morgan fingerprint density at radius 1 is 1.36 bits per heavy atom. The molecule has 0 aliphatic carbocycles. The summed E-state index contributed by atoms with van der Waals surface area (Å²) in [5, 5.41) is 10.2. The van der Waals surface area contributed by atoms with Crippen LogP contribution >= 0.6 is 0 Å². The normalized spacial score (nSPS) is 9.55. The third-order valence-corrected chi connectivity index (χ3v) is 1.44. The molecule has 0 heterocycles. The average molecular weight is 153 g/mol. The lowest BCUT2D eigenvalue weighted by Crippen LogP contribution is -2.47. The van der Waals surface area contributed by atoms with Crippen LogP contribution in [0.5, 0.6) is 0 Å². The number of nitro groups is 1. The van der Waals surface area contributed by atoms with E-state index in [4.69, 9.17) is 0 Å². The minimum atomic E-state index is -0.410. The summed E-state index contributed by atoms with van der Waals surface area (Å²) in [5.74, 6) is 0. The minimum Gasteiger partial charge on any atom is -0.354 e. The predicted molar refractivity (Wildman–Crippen MR) is 39.7 cm³/mol. The van der Waals surface area contributed by atoms with E-state index in [1.54, 1.807) is 12.1 Å². The predicted octanol–water partition coefficient (Wildman–Crippen LogP) is 0.337. The third kappa shape index (κ3) is 1.75. The zero-order valence-electron chi connectivity index (χ0n) is 5.99. The monoisotopic (exact) mass is 153 g/mol. The van der Waals surface area contributed by atoms with Gasteiger partial charge in [-0.2, -0.15) is 0 Å². The first-order valence-electron chi connectivity index (χ1n) is 3.26. The quantitative estimate of drug-likeness (QED) is 0.491. The average Bonchev–Trinajstić information content (AvgIpc) is 2.05. The Labute approximate surface area is 63.8 Å². The standard InChI is InChI=1S/C7H8N2O2/c8-5-6-1-3-7(4-2-6)9(10)11/h1-4H,5,8H2/p+1. The van der Waals surface area contributed by atoms with Crippen LogP contribution in [0.2, 0.25) is 0 Å². The first-order chi connectivity index (χ1) is 5.24. The Bertz CT molecular complexity index is 256. The van der Waals surface area contributed by atoms with Crippen LogP contribution in [0.3, 0.4) is 0 Å². The Balaban J connectivity index is 2.91. The van der Waals surface area contributed by atoms with Gasteiger partial charge in [-0.1, -0.05) is 0 Å². The minimum absolute atomic E-state index is 0.127. The molecule has 0 aromatic heterocycles. The Morgan fingerprint density at radius 3 is 2.27 bits per heavy atom. The van der Waals surface area contributed by atoms with Crippen molar-refractivity contribution in [3.8, 4) is 0 Å². The van der Waals surface area contributed by atoms with Gasteiger partial charge in [0.05, 0.1) is 11.5 Å². The lowest BCUT2D eigenvalue weighted by molar-refractivity contribution is -0.387. The van der Waals surface area contributed by atoms with E-state index in [1.165, 1.54) is 12.1 Å². The van der Waals surface area contributed by atoms with Gasteiger partial charge in [0.15, 0.2) is 0 Å². The molecule has 0 aliphatic rings. The molecule has 0 aliphatic heterocycles. The van der Waals surface area contributed by atoms with Gasteiger partial charge in [-0.15, -0.1) is 0 Å². The number of rotatable bonds is 2. The Morgan fingerprint density at radius 2 is 1.91 bits per heavy atom. The zero-order chi connectivity index (χ0) is 8.27. The second-order valence-corrected chi connectivity index (χ2v) is 2.17. The summed E-state index contributed by atoms with van der Waals surface area (Å²) in [7, 11) is 0. The van der Waals surface area contributed by atoms with Crippen molar-refractivity contribution >= 4 is 5.69 Å². The summed E-state index contributed by atoms with van der Waals surface area (Å²) in [6.07, 6.45) is 0. The van der Waals surface area contributed by atoms with Crippen LogP contribution in [-0.4, -0.2) is 4.92 Å². The first kappa shape index (κ1) is 7.68. The van der Waals surface area contributed by atoms with Crippen molar-refractivity contribution in [2.45, 2.75) is 6.54 Å². The van der Waals surface area contributed by atoms with Crippen molar-refractivity contribution < 1.29 is 10.7 Å². The van der Waals surface area contributed by atoms with Crippen LogP contribution in [0.15, 0.2) is 24.3 Å². The summed E-state index contributed by atoms with van der Waals surface area (Å²) >= 11 is 0. The Kier molecular flexibility index (Phi) is 2.18. The smallest absolute Gasteiger partial charge is 0.269 e. The topological polar surface area (TPSA) is 70.8 Å². The lowest BCUT2D eigenvalue weighted by atomic mass is 10.2. The van der Waals surface area contributed by atoms with Crippen molar-refractivity contribution in [2.24, 2.45) is 0 Å². The van der Waals surface area contributed by atoms with Gasteiger partial charge in [-0.3, -0.25) is 10.1 Å². The number of non-ortho nitro benzene ring substituents is 1. The highest BCUT2D eigenvalue weighted by atomic mass is 16.6. The summed E-state index contributed by atoms with van der Waals surface area (Å²) in [6, 6.07) is 6.40. The van der Waals surface area contributed by atoms with Crippen LogP contribution in [0.1, 0.15) is 5.56 Å². The molecule has 0 atom stereocenters. The van der Waals surface area contributed by atoms with Gasteiger partial charge >= 0.3 is 0 Å². The molecule has 1 aromatic rings. The second kappa shape index (κ2) is 3.12. The lowest BCUT2D eigenvalue weighted by Gasteiger charge is -1.92. The van der Waals surface area contributed by atoms with Crippen LogP contribution in [0.25, 0.3) is 0 Å². The first-order valence-corrected chi connectivity index (χ1v) is 3.26. The summed E-state index contributed by atoms with van der Waals surface area (Å²) in [6.45, 7) is 0.665. The largest absolute Gasteiger partial charge is 0.354 e. The third-order valence-electron chi connectivity index (χ3n) is 1.44. The molecule has 0 amide bonds. The highest BCUT2D eigenvalue weighted by Crippen LogP contribution is 2.10. The number of benzene rings is 1. The summed E-state index contributed by atoms with van der Waals surface area (Å²) in [4.78, 5) is 9.78. The van der Waals surface area contributed by atoms with Crippen molar-refractivity contribution in [3.05, 3.63) is 39.9 Å². The molecule has 58 valence electrons. The maximum atomic E-state index is 10.2. The van der Waals surface area contributed by atoms with Crippen LogP contribution < -0.4 is 5.73 Å². The van der Waals surface area contributed by atoms with Crippen LogP contribution in [-0.2, 0) is 6.54 Å². The van der Waals surface area contributed by atoms with Gasteiger partial charge in [0.25, 0.3) is 5.69 Å². The summed E-state index contributed by atoms with van der Waals surface area (Å²) < 4.78 is 0. The SMILES string of the molecule is [NH3+]Cc1ccc([N+](=O)[O-])cc1. The van der Waals surface area contributed by atoms with E-state index < -0.39 is 4.92 Å². The van der Waals surface area contributed by atoms with E-state index in [0.717, 1.165) is 5.56 Å². The fourth-order valence-electron chi connectivity index (χ4n) is 0.784. The molecule has 0 spiro atoms. The van der Waals surface area contributed by atoms with Crippen molar-refractivity contribution in [1.29, 1.82) is 0 Å². The molecule has 0 unspecified atom stereocenters. The molecule has 4 heteroatoms. The maximum Gasteiger partial charge on any atom is 0.269 e. The molecule has 0 saturated carbocycles. The van der Waals surface area contributed by atoms with Crippen molar-refractivity contribution in [2.75, 3.05) is 0 Å². The Hall–Kier alpha value is -1.42. The summed E-state index contributed by atoms with van der Waals surface area (Å²) in [5.41, 5.74) is 4.80. The number of hydrogen-bond donors (Lipinski definition) is 1. The number of hydrogen-bond acceptors (Lipinski definition) is 2. The number of quaternary nitrogens is 1. The molecule has 4 nitrogen and oxygen atoms in total. The molecule has 1 aromatic carbocycles. The molecule has 0 bridgehead atoms. The molecular formula is C7H9N2O2+. The number of nitro benzene ring substituents is 1. The van der Waals surface area contributed by atoms with Gasteiger partial charge in [0.2, 0.25) is 0 Å². The van der Waals surface area contributed by atoms with E-state index in [0.29, 0.717) is 6.54 Å². The zero-order valence-corrected chi connectivity index (χ0v) is 5.99. The molecule has 0 saturated heterocycles. The molecule has 0 radical (unpaired) electrons. The van der Waals surface area contributed by atoms with E-state index in [9.17, 15) is 10.1 Å². The molecule has 11 heavy (non-hydrogen) atoms. The van der Waals surface area contributed by atoms with Gasteiger partial charge in [0.1, 0.15) is 0 Å². The van der Waals surface area contributed by atoms with Gasteiger partial charge in [-0.05, 0) is 12.1 Å². The van der Waals surface area contributed by atoms with Gasteiger partial charge in [-0.25, -0.2) is 0 Å². The molecule has 0 fully saturated rings. The fourth-order valence-corrected chi connectivity index (χ4v) is 0.784. The van der Waals surface area contributed by atoms with Crippen molar-refractivity contribution in [3.63, 3.8) is 0 Å². The highest BCUT2D eigenvalue weighted by Gasteiger charge is 2.02. The van der Waals surface area contributed by atoms with Crippen LogP contribution in [0.4, 0.5) is 5.69 Å². The second-order valence-electron chi connectivity index (χ2n) is 2.17.